The van der Waals surface area contributed by atoms with Crippen molar-refractivity contribution in [3.63, 3.8) is 0 Å². The number of nitrogens with one attached hydrogen (secondary N) is 1. The van der Waals surface area contributed by atoms with Crippen molar-refractivity contribution in [2.75, 3.05) is 29.5 Å². The molecule has 3 N–H and O–H groups in total. The first-order valence-electron chi connectivity index (χ1n) is 10.6. The van der Waals surface area contributed by atoms with Gasteiger partial charge in [-0.15, -0.1) is 10.1 Å². The first-order chi connectivity index (χ1) is 16.7. The van der Waals surface area contributed by atoms with Gasteiger partial charge in [0.1, 0.15) is 11.4 Å². The molecule has 180 valence electrons. The molecule has 1 aliphatic heterocycles. The van der Waals surface area contributed by atoms with Gasteiger partial charge in [0, 0.05) is 37.6 Å². The molecule has 1 fully saturated rings. The van der Waals surface area contributed by atoms with Gasteiger partial charge in [-0.25, -0.2) is 17.9 Å². The van der Waals surface area contributed by atoms with E-state index in [-0.39, 0.29) is 47.6 Å². The maximum absolute atomic E-state index is 13.1. The maximum Gasteiger partial charge on any atom is 0.296 e. The molecule has 1 amide bonds. The van der Waals surface area contributed by atoms with Gasteiger partial charge in [0.2, 0.25) is 0 Å². The number of carbonyl (C=O) groups is 1. The molecule has 0 spiro atoms. The third-order valence-corrected chi connectivity index (χ3v) is 8.44. The highest BCUT2D eigenvalue weighted by Gasteiger charge is 2.32. The summed E-state index contributed by atoms with van der Waals surface area (Å²) < 4.78 is 27.7. The van der Waals surface area contributed by atoms with Gasteiger partial charge < -0.3 is 20.8 Å². The van der Waals surface area contributed by atoms with E-state index in [2.05, 4.69) is 25.2 Å². The molecule has 1 unspecified atom stereocenters. The number of imidazole rings is 1. The number of nitrogen functional groups attached to an aromatic ring is 1. The average molecular weight is 514 g/mol. The summed E-state index contributed by atoms with van der Waals surface area (Å²) in [6, 6.07) is 3.33. The molecule has 0 aliphatic carbocycles. The molecule has 5 rings (SSSR count). The van der Waals surface area contributed by atoms with Crippen LogP contribution in [0.25, 0.3) is 16.0 Å². The fraction of sp³-hybridized carbons (Fsp3) is 0.286. The van der Waals surface area contributed by atoms with Crippen LogP contribution in [0, 0.1) is 6.57 Å². The maximum atomic E-state index is 13.1. The summed E-state index contributed by atoms with van der Waals surface area (Å²) in [7, 11) is -3.20. The van der Waals surface area contributed by atoms with Crippen molar-refractivity contribution >= 4 is 56.0 Å². The molecule has 35 heavy (non-hydrogen) atoms. The number of aromatic nitrogens is 5. The van der Waals surface area contributed by atoms with Gasteiger partial charge in [0.15, 0.2) is 27.6 Å². The van der Waals surface area contributed by atoms with E-state index >= 15 is 0 Å². The number of nitrogens with zero attached hydrogens (tertiary/aromatic N) is 7. The second-order valence-corrected chi connectivity index (χ2v) is 11.1. The van der Waals surface area contributed by atoms with Crippen LogP contribution in [0.15, 0.2) is 30.9 Å². The van der Waals surface area contributed by atoms with Gasteiger partial charge in [0.25, 0.3) is 11.7 Å². The Kier molecular flexibility index (Phi) is 5.49. The highest BCUT2D eigenvalue weighted by atomic mass is 35.5. The lowest BCUT2D eigenvalue weighted by Gasteiger charge is -2.34. The van der Waals surface area contributed by atoms with E-state index in [1.54, 1.807) is 35.9 Å². The van der Waals surface area contributed by atoms with Crippen molar-refractivity contribution in [3.05, 3.63) is 58.4 Å². The van der Waals surface area contributed by atoms with Gasteiger partial charge in [0.05, 0.1) is 21.5 Å². The van der Waals surface area contributed by atoms with Crippen molar-refractivity contribution in [1.82, 2.24) is 29.3 Å². The van der Waals surface area contributed by atoms with Gasteiger partial charge in [-0.2, -0.15) is 0 Å². The first-order valence-corrected chi connectivity index (χ1v) is 12.7. The monoisotopic (exact) mass is 513 g/mol. The van der Waals surface area contributed by atoms with Crippen molar-refractivity contribution in [2.24, 2.45) is 0 Å². The Morgan fingerprint density at radius 3 is 2.94 bits per heavy atom. The summed E-state index contributed by atoms with van der Waals surface area (Å²) in [5.74, 6) is 0.301. The molecule has 14 heteroatoms. The average Bonchev–Trinajstić information content (AvgIpc) is 3.40. The van der Waals surface area contributed by atoms with E-state index in [1.807, 2.05) is 4.90 Å². The van der Waals surface area contributed by atoms with Crippen LogP contribution in [0.1, 0.15) is 22.8 Å². The summed E-state index contributed by atoms with van der Waals surface area (Å²) in [4.78, 5) is 26.8. The van der Waals surface area contributed by atoms with Gasteiger partial charge in [-0.1, -0.05) is 18.2 Å². The van der Waals surface area contributed by atoms with Crippen LogP contribution in [-0.2, 0) is 16.4 Å². The Morgan fingerprint density at radius 1 is 1.40 bits per heavy atom. The molecule has 1 atom stereocenters. The topological polar surface area (TPSA) is 144 Å². The number of amides is 1. The fourth-order valence-electron chi connectivity index (χ4n) is 4.26. The minimum Gasteiger partial charge on any atom is -0.381 e. The smallest absolute Gasteiger partial charge is 0.296 e. The standard InChI is InChI=1S/C21H20ClN9O3S/c1-12-10-29(6-7-35(12,33)34)21-13(8-14(22)16-18(24-2)27-11-30(16)21)9-26-20(32)15-17(23)28-31-5-3-4-25-19(15)31/h3-5,8,11-12H,6-7,9-10H2,1H3,(H2,23,28)(H,26,32). The van der Waals surface area contributed by atoms with E-state index in [9.17, 15) is 13.2 Å². The Bertz CT molecular complexity index is 1640. The third kappa shape index (κ3) is 3.80. The van der Waals surface area contributed by atoms with Crippen LogP contribution in [0.2, 0.25) is 5.02 Å². The molecule has 4 aromatic heterocycles. The predicted molar refractivity (Wildman–Crippen MR) is 130 cm³/mol. The van der Waals surface area contributed by atoms with Crippen LogP contribution in [0.3, 0.4) is 0 Å². The Balaban J connectivity index is 1.54. The minimum absolute atomic E-state index is 0.0148. The van der Waals surface area contributed by atoms with Gasteiger partial charge in [-0.05, 0) is 19.1 Å². The lowest BCUT2D eigenvalue weighted by atomic mass is 10.2. The summed E-state index contributed by atoms with van der Waals surface area (Å²) >= 11 is 6.52. The highest BCUT2D eigenvalue weighted by molar-refractivity contribution is 7.92. The van der Waals surface area contributed by atoms with E-state index in [0.717, 1.165) is 0 Å². The molecule has 1 saturated heterocycles. The molecular weight excluding hydrogens is 494 g/mol. The number of nitrogens with two attached hydrogens (primary N) is 1. The molecule has 0 radical (unpaired) electrons. The predicted octanol–water partition coefficient (Wildman–Crippen LogP) is 1.72. The summed E-state index contributed by atoms with van der Waals surface area (Å²) in [5, 5.41) is 6.66. The molecule has 1 aliphatic rings. The molecule has 0 bridgehead atoms. The highest BCUT2D eigenvalue weighted by Crippen LogP contribution is 2.35. The minimum atomic E-state index is -3.20. The molecule has 4 aromatic rings. The Hall–Kier alpha value is -3.89. The second-order valence-electron chi connectivity index (χ2n) is 8.19. The van der Waals surface area contributed by atoms with E-state index in [0.29, 0.717) is 22.5 Å². The quantitative estimate of drug-likeness (QED) is 0.392. The SMILES string of the molecule is [C-]#[N+]c1ncn2c(N3CCS(=O)(=O)C(C)C3)c(CNC(=O)c3c(N)nn4cccnc34)cc(Cl)c12. The van der Waals surface area contributed by atoms with Gasteiger partial charge in [-0.3, -0.25) is 9.20 Å². The summed E-state index contributed by atoms with van der Waals surface area (Å²) in [5.41, 5.74) is 7.48. The summed E-state index contributed by atoms with van der Waals surface area (Å²) in [6.07, 6.45) is 4.66. The zero-order chi connectivity index (χ0) is 24.9. The van der Waals surface area contributed by atoms with Crippen molar-refractivity contribution in [1.29, 1.82) is 0 Å². The Labute approximate surface area is 205 Å². The van der Waals surface area contributed by atoms with Crippen LogP contribution in [-0.4, -0.2) is 62.4 Å². The number of rotatable bonds is 4. The molecular formula is C21H20ClN9O3S. The van der Waals surface area contributed by atoms with Crippen LogP contribution >= 0.6 is 11.6 Å². The molecule has 5 heterocycles. The second kappa shape index (κ2) is 8.40. The number of hydrogen-bond acceptors (Lipinski definition) is 8. The van der Waals surface area contributed by atoms with E-state index < -0.39 is 21.0 Å². The number of fused-ring (bicyclic) bond motifs is 2. The third-order valence-electron chi connectivity index (χ3n) is 6.02. The molecule has 0 aromatic carbocycles. The first kappa shape index (κ1) is 22.9. The zero-order valence-electron chi connectivity index (χ0n) is 18.5. The number of halogens is 1. The largest absolute Gasteiger partial charge is 0.381 e. The van der Waals surface area contributed by atoms with Crippen LogP contribution in [0.4, 0.5) is 17.5 Å². The molecule has 0 saturated carbocycles. The lowest BCUT2D eigenvalue weighted by molar-refractivity contribution is 0.0953. The number of sulfone groups is 1. The number of hydrogen-bond donors (Lipinski definition) is 2. The van der Waals surface area contributed by atoms with E-state index in [1.165, 1.54) is 10.8 Å². The zero-order valence-corrected chi connectivity index (χ0v) is 20.1. The normalized spacial score (nSPS) is 17.5. The van der Waals surface area contributed by atoms with Crippen molar-refractivity contribution in [2.45, 2.75) is 18.7 Å². The summed E-state index contributed by atoms with van der Waals surface area (Å²) in [6.45, 7) is 9.62. The van der Waals surface area contributed by atoms with Crippen LogP contribution in [0.5, 0.6) is 0 Å². The van der Waals surface area contributed by atoms with E-state index in [4.69, 9.17) is 23.9 Å². The van der Waals surface area contributed by atoms with Crippen molar-refractivity contribution in [3.8, 4) is 0 Å². The number of anilines is 2. The van der Waals surface area contributed by atoms with Gasteiger partial charge >= 0.3 is 0 Å². The molecule has 12 nitrogen and oxygen atoms in total. The van der Waals surface area contributed by atoms with Crippen molar-refractivity contribution < 1.29 is 13.2 Å². The fourth-order valence-corrected chi connectivity index (χ4v) is 5.85. The lowest BCUT2D eigenvalue weighted by Crippen LogP contribution is -2.46. The number of pyridine rings is 1. The van der Waals surface area contributed by atoms with Crippen LogP contribution < -0.4 is 16.0 Å². The number of carbonyl (C=O) groups excluding carboxylic acids is 1. The Morgan fingerprint density at radius 2 is 2.20 bits per heavy atom.